The lowest BCUT2D eigenvalue weighted by molar-refractivity contribution is 0.102. The van der Waals surface area contributed by atoms with Gasteiger partial charge in [-0.1, -0.05) is 30.1 Å². The molecule has 2 aromatic carbocycles. The van der Waals surface area contributed by atoms with Crippen LogP contribution < -0.4 is 5.32 Å². The van der Waals surface area contributed by atoms with Crippen LogP contribution in [-0.4, -0.2) is 16.0 Å². The number of hydrogen-bond acceptors (Lipinski definition) is 5. The summed E-state index contributed by atoms with van der Waals surface area (Å²) in [5.41, 5.74) is 2.45. The van der Waals surface area contributed by atoms with Gasteiger partial charge in [0.1, 0.15) is 0 Å². The van der Waals surface area contributed by atoms with E-state index in [1.54, 1.807) is 24.3 Å². The van der Waals surface area contributed by atoms with E-state index in [2.05, 4.69) is 15.5 Å². The van der Waals surface area contributed by atoms with E-state index in [0.29, 0.717) is 34.4 Å². The third-order valence-electron chi connectivity index (χ3n) is 4.80. The average molecular weight is 358 g/mol. The molecule has 1 aliphatic rings. The Bertz CT molecular complexity index is 996. The minimum atomic E-state index is -0.239. The molecule has 1 aromatic heterocycles. The van der Waals surface area contributed by atoms with Crippen LogP contribution in [0.25, 0.3) is 11.4 Å². The summed E-state index contributed by atoms with van der Waals surface area (Å²) in [6, 6.07) is 15.9. The largest absolute Gasteiger partial charge is 0.339 e. The molecule has 1 saturated carbocycles. The predicted octanol–water partition coefficient (Wildman–Crippen LogP) is 4.52. The van der Waals surface area contributed by atoms with Crippen LogP contribution >= 0.6 is 0 Å². The smallest absolute Gasteiger partial charge is 0.255 e. The molecular formula is C21H18N4O2. The van der Waals surface area contributed by atoms with Gasteiger partial charge < -0.3 is 9.84 Å². The summed E-state index contributed by atoms with van der Waals surface area (Å²) in [5, 5.41) is 15.8. The fourth-order valence-electron chi connectivity index (χ4n) is 3.33. The van der Waals surface area contributed by atoms with Gasteiger partial charge in [0.15, 0.2) is 0 Å². The molecule has 0 saturated heterocycles. The fraction of sp³-hybridized carbons (Fsp3) is 0.238. The Morgan fingerprint density at radius 2 is 1.93 bits per heavy atom. The molecule has 27 heavy (non-hydrogen) atoms. The lowest BCUT2D eigenvalue weighted by Gasteiger charge is -2.06. The highest BCUT2D eigenvalue weighted by Crippen LogP contribution is 2.34. The van der Waals surface area contributed by atoms with Crippen molar-refractivity contribution in [3.8, 4) is 17.5 Å². The highest BCUT2D eigenvalue weighted by Gasteiger charge is 2.23. The standard InChI is InChI=1S/C21H18N4O2/c22-13-14-8-10-15(11-9-14)20(26)23-18-7-3-6-17(12-18)19-24-21(27-25-19)16-4-1-2-5-16/h3,6-12,16H,1-2,4-5H2,(H,23,26). The van der Waals surface area contributed by atoms with E-state index in [-0.39, 0.29) is 5.91 Å². The number of nitriles is 1. The normalized spacial score (nSPS) is 14.0. The van der Waals surface area contributed by atoms with Crippen molar-refractivity contribution >= 4 is 11.6 Å². The quantitative estimate of drug-likeness (QED) is 0.740. The SMILES string of the molecule is N#Cc1ccc(C(=O)Nc2cccc(-c3noc(C4CCCC4)n3)c2)cc1. The molecule has 1 heterocycles. The molecular weight excluding hydrogens is 340 g/mol. The molecule has 0 radical (unpaired) electrons. The lowest BCUT2D eigenvalue weighted by atomic mass is 10.1. The van der Waals surface area contributed by atoms with E-state index >= 15 is 0 Å². The molecule has 1 fully saturated rings. The molecule has 0 atom stereocenters. The average Bonchev–Trinajstić information content (AvgIpc) is 3.40. The number of rotatable bonds is 4. The summed E-state index contributed by atoms with van der Waals surface area (Å²) in [6.45, 7) is 0. The van der Waals surface area contributed by atoms with Crippen molar-refractivity contribution in [3.05, 3.63) is 65.5 Å². The monoisotopic (exact) mass is 358 g/mol. The summed E-state index contributed by atoms with van der Waals surface area (Å²) in [7, 11) is 0. The molecule has 3 aromatic rings. The second-order valence-electron chi connectivity index (χ2n) is 6.66. The second-order valence-corrected chi connectivity index (χ2v) is 6.66. The van der Waals surface area contributed by atoms with Gasteiger partial charge >= 0.3 is 0 Å². The molecule has 1 aliphatic carbocycles. The Kier molecular flexibility index (Phi) is 4.67. The fourth-order valence-corrected chi connectivity index (χ4v) is 3.33. The van der Waals surface area contributed by atoms with Crippen molar-refractivity contribution in [2.45, 2.75) is 31.6 Å². The van der Waals surface area contributed by atoms with E-state index in [0.717, 1.165) is 18.4 Å². The maximum absolute atomic E-state index is 12.4. The number of nitrogens with one attached hydrogen (secondary N) is 1. The Labute approximate surface area is 156 Å². The first kappa shape index (κ1) is 17.0. The Balaban J connectivity index is 1.50. The second kappa shape index (κ2) is 7.42. The summed E-state index contributed by atoms with van der Waals surface area (Å²) >= 11 is 0. The minimum Gasteiger partial charge on any atom is -0.339 e. The number of hydrogen-bond donors (Lipinski definition) is 1. The van der Waals surface area contributed by atoms with Crippen LogP contribution in [0, 0.1) is 11.3 Å². The molecule has 0 unspecified atom stereocenters. The van der Waals surface area contributed by atoms with Crippen molar-refractivity contribution in [1.29, 1.82) is 5.26 Å². The maximum atomic E-state index is 12.4. The number of anilines is 1. The summed E-state index contributed by atoms with van der Waals surface area (Å²) in [4.78, 5) is 16.9. The number of aromatic nitrogens is 2. The lowest BCUT2D eigenvalue weighted by Crippen LogP contribution is -2.11. The van der Waals surface area contributed by atoms with Gasteiger partial charge in [-0.2, -0.15) is 10.2 Å². The molecule has 0 bridgehead atoms. The van der Waals surface area contributed by atoms with Crippen molar-refractivity contribution in [1.82, 2.24) is 10.1 Å². The Hall–Kier alpha value is -3.46. The van der Waals surface area contributed by atoms with Crippen LogP contribution in [-0.2, 0) is 0 Å². The molecule has 1 N–H and O–H groups in total. The highest BCUT2D eigenvalue weighted by molar-refractivity contribution is 6.04. The first-order chi connectivity index (χ1) is 13.2. The van der Waals surface area contributed by atoms with Gasteiger partial charge in [-0.3, -0.25) is 4.79 Å². The first-order valence-electron chi connectivity index (χ1n) is 8.98. The minimum absolute atomic E-state index is 0.239. The maximum Gasteiger partial charge on any atom is 0.255 e. The zero-order valence-corrected chi connectivity index (χ0v) is 14.7. The van der Waals surface area contributed by atoms with Crippen molar-refractivity contribution in [3.63, 3.8) is 0 Å². The first-order valence-corrected chi connectivity index (χ1v) is 8.98. The molecule has 6 heteroatoms. The van der Waals surface area contributed by atoms with Gasteiger partial charge in [0, 0.05) is 22.7 Å². The van der Waals surface area contributed by atoms with Gasteiger partial charge in [-0.15, -0.1) is 0 Å². The van der Waals surface area contributed by atoms with E-state index < -0.39 is 0 Å². The number of nitrogens with zero attached hydrogens (tertiary/aromatic N) is 3. The van der Waals surface area contributed by atoms with Crippen molar-refractivity contribution in [2.24, 2.45) is 0 Å². The topological polar surface area (TPSA) is 91.8 Å². The molecule has 0 aliphatic heterocycles. The zero-order valence-electron chi connectivity index (χ0n) is 14.7. The number of benzene rings is 2. The van der Waals surface area contributed by atoms with E-state index in [1.165, 1.54) is 12.8 Å². The molecule has 134 valence electrons. The zero-order chi connectivity index (χ0) is 18.6. The Morgan fingerprint density at radius 3 is 2.67 bits per heavy atom. The summed E-state index contributed by atoms with van der Waals surface area (Å²) < 4.78 is 5.44. The van der Waals surface area contributed by atoms with E-state index in [9.17, 15) is 4.79 Å². The van der Waals surface area contributed by atoms with Gasteiger partial charge in [0.05, 0.1) is 11.6 Å². The Morgan fingerprint density at radius 1 is 1.15 bits per heavy atom. The van der Waals surface area contributed by atoms with Gasteiger partial charge in [0.2, 0.25) is 11.7 Å². The van der Waals surface area contributed by atoms with Crippen molar-refractivity contribution < 1.29 is 9.32 Å². The van der Waals surface area contributed by atoms with Gasteiger partial charge in [-0.25, -0.2) is 0 Å². The van der Waals surface area contributed by atoms with Crippen LogP contribution in [0.3, 0.4) is 0 Å². The predicted molar refractivity (Wildman–Crippen MR) is 100 cm³/mol. The van der Waals surface area contributed by atoms with Crippen LogP contribution in [0.15, 0.2) is 53.1 Å². The summed E-state index contributed by atoms with van der Waals surface area (Å²) in [5.74, 6) is 1.36. The van der Waals surface area contributed by atoms with Crippen LogP contribution in [0.4, 0.5) is 5.69 Å². The third kappa shape index (κ3) is 3.72. The highest BCUT2D eigenvalue weighted by atomic mass is 16.5. The van der Waals surface area contributed by atoms with Crippen LogP contribution in [0.1, 0.15) is 53.4 Å². The van der Waals surface area contributed by atoms with Crippen LogP contribution in [0.5, 0.6) is 0 Å². The summed E-state index contributed by atoms with van der Waals surface area (Å²) in [6.07, 6.45) is 4.61. The number of carbonyl (C=O) groups excluding carboxylic acids is 1. The van der Waals surface area contributed by atoms with E-state index in [1.807, 2.05) is 30.3 Å². The van der Waals surface area contributed by atoms with Gasteiger partial charge in [-0.05, 0) is 49.2 Å². The molecule has 0 spiro atoms. The number of amides is 1. The van der Waals surface area contributed by atoms with Crippen LogP contribution in [0.2, 0.25) is 0 Å². The number of carbonyl (C=O) groups is 1. The molecule has 1 amide bonds. The molecule has 4 rings (SSSR count). The third-order valence-corrected chi connectivity index (χ3v) is 4.80. The van der Waals surface area contributed by atoms with Gasteiger partial charge in [0.25, 0.3) is 5.91 Å². The van der Waals surface area contributed by atoms with E-state index in [4.69, 9.17) is 9.78 Å². The van der Waals surface area contributed by atoms with Crippen molar-refractivity contribution in [2.75, 3.05) is 5.32 Å². The molecule has 6 nitrogen and oxygen atoms in total.